The first-order valence-electron chi connectivity index (χ1n) is 8.88. The molecule has 4 N–H and O–H groups in total. The van der Waals surface area contributed by atoms with Crippen molar-refractivity contribution in [3.8, 4) is 0 Å². The van der Waals surface area contributed by atoms with E-state index in [2.05, 4.69) is 11.4 Å². The van der Waals surface area contributed by atoms with Crippen LogP contribution in [0, 0.1) is 0 Å². The summed E-state index contributed by atoms with van der Waals surface area (Å²) in [5.41, 5.74) is 9.76. The summed E-state index contributed by atoms with van der Waals surface area (Å²) in [6, 6.07) is 8.11. The molecule has 7 heteroatoms. The van der Waals surface area contributed by atoms with Crippen molar-refractivity contribution in [2.24, 2.45) is 0 Å². The minimum Gasteiger partial charge on any atom is -0.478 e. The van der Waals surface area contributed by atoms with Gasteiger partial charge in [-0.2, -0.15) is 0 Å². The molecule has 138 valence electrons. The highest BCUT2D eigenvalue weighted by atomic mass is 32.1. The van der Waals surface area contributed by atoms with Gasteiger partial charge in [0.05, 0.1) is 11.3 Å². The molecule has 0 atom stereocenters. The van der Waals surface area contributed by atoms with Crippen LogP contribution in [0.2, 0.25) is 0 Å². The van der Waals surface area contributed by atoms with E-state index >= 15 is 0 Å². The molecule has 0 fully saturated rings. The van der Waals surface area contributed by atoms with Crippen molar-refractivity contribution >= 4 is 44.8 Å². The van der Waals surface area contributed by atoms with Crippen LogP contribution in [0.1, 0.15) is 50.5 Å². The molecule has 0 unspecified atom stereocenters. The van der Waals surface area contributed by atoms with Gasteiger partial charge in [0.15, 0.2) is 0 Å². The average Bonchev–Trinajstić information content (AvgIpc) is 2.82. The lowest BCUT2D eigenvalue weighted by Crippen LogP contribution is -2.12. The summed E-state index contributed by atoms with van der Waals surface area (Å²) in [6.45, 7) is 0. The Bertz CT molecular complexity index is 1040. The van der Waals surface area contributed by atoms with E-state index in [0.717, 1.165) is 41.6 Å². The van der Waals surface area contributed by atoms with Gasteiger partial charge in [-0.25, -0.2) is 9.78 Å². The SMILES string of the molecule is Nc1c(C(=O)Nc2ccc(C(=O)O)cc2)sc2nc3c(cc12)CCCCC3. The van der Waals surface area contributed by atoms with E-state index in [4.69, 9.17) is 15.8 Å². The molecular formula is C20H19N3O3S. The molecule has 0 saturated heterocycles. The van der Waals surface area contributed by atoms with Gasteiger partial charge in [-0.3, -0.25) is 4.79 Å². The first-order valence-corrected chi connectivity index (χ1v) is 9.70. The number of nitrogens with two attached hydrogens (primary N) is 1. The van der Waals surface area contributed by atoms with Crippen LogP contribution in [0.5, 0.6) is 0 Å². The maximum atomic E-state index is 12.7. The summed E-state index contributed by atoms with van der Waals surface area (Å²) in [4.78, 5) is 29.6. The second kappa shape index (κ2) is 7.00. The number of benzene rings is 1. The van der Waals surface area contributed by atoms with E-state index in [1.807, 2.05) is 0 Å². The number of rotatable bonds is 3. The van der Waals surface area contributed by atoms with Gasteiger partial charge in [0, 0.05) is 16.8 Å². The summed E-state index contributed by atoms with van der Waals surface area (Å²) < 4.78 is 0. The highest BCUT2D eigenvalue weighted by Crippen LogP contribution is 2.35. The van der Waals surface area contributed by atoms with Crippen LogP contribution in [-0.4, -0.2) is 22.0 Å². The molecule has 0 spiro atoms. The van der Waals surface area contributed by atoms with E-state index in [-0.39, 0.29) is 11.5 Å². The highest BCUT2D eigenvalue weighted by Gasteiger charge is 2.20. The normalized spacial score (nSPS) is 13.8. The van der Waals surface area contributed by atoms with Crippen molar-refractivity contribution in [2.45, 2.75) is 32.1 Å². The van der Waals surface area contributed by atoms with Crippen molar-refractivity contribution in [1.29, 1.82) is 0 Å². The molecule has 0 bridgehead atoms. The molecule has 3 aromatic rings. The van der Waals surface area contributed by atoms with Gasteiger partial charge in [0.25, 0.3) is 5.91 Å². The van der Waals surface area contributed by atoms with Crippen LogP contribution in [0.4, 0.5) is 11.4 Å². The Labute approximate surface area is 160 Å². The maximum absolute atomic E-state index is 12.7. The summed E-state index contributed by atoms with van der Waals surface area (Å²) in [7, 11) is 0. The molecule has 0 radical (unpaired) electrons. The number of aromatic carboxylic acids is 1. The Hall–Kier alpha value is -2.93. The van der Waals surface area contributed by atoms with Crippen molar-refractivity contribution < 1.29 is 14.7 Å². The second-order valence-corrected chi connectivity index (χ2v) is 7.69. The average molecular weight is 381 g/mol. The largest absolute Gasteiger partial charge is 0.478 e. The lowest BCUT2D eigenvalue weighted by Gasteiger charge is -2.05. The van der Waals surface area contributed by atoms with Gasteiger partial charge in [0.1, 0.15) is 9.71 Å². The third-order valence-electron chi connectivity index (χ3n) is 4.85. The van der Waals surface area contributed by atoms with Crippen LogP contribution >= 0.6 is 11.3 Å². The van der Waals surface area contributed by atoms with Gasteiger partial charge < -0.3 is 16.2 Å². The number of amides is 1. The molecule has 4 rings (SSSR count). The smallest absolute Gasteiger partial charge is 0.335 e. The number of pyridine rings is 1. The first-order chi connectivity index (χ1) is 13.0. The number of carbonyl (C=O) groups is 2. The Balaban J connectivity index is 1.63. The van der Waals surface area contributed by atoms with Crippen molar-refractivity contribution in [3.05, 3.63) is 52.0 Å². The monoisotopic (exact) mass is 381 g/mol. The van der Waals surface area contributed by atoms with E-state index in [9.17, 15) is 9.59 Å². The van der Waals surface area contributed by atoms with E-state index < -0.39 is 5.97 Å². The Morgan fingerprint density at radius 2 is 1.85 bits per heavy atom. The molecule has 1 aromatic carbocycles. The highest BCUT2D eigenvalue weighted by molar-refractivity contribution is 7.21. The number of aromatic nitrogens is 1. The van der Waals surface area contributed by atoms with Crippen LogP contribution in [-0.2, 0) is 12.8 Å². The van der Waals surface area contributed by atoms with E-state index in [1.54, 1.807) is 12.1 Å². The standard InChI is InChI=1S/C20H19N3O3S/c21-16-14-10-12-4-2-1-3-5-15(12)23-19(14)27-17(16)18(24)22-13-8-6-11(7-9-13)20(25)26/h6-10H,1-5,21H2,(H,22,24)(H,25,26). The molecule has 1 aliphatic carbocycles. The lowest BCUT2D eigenvalue weighted by atomic mass is 10.1. The number of hydrogen-bond donors (Lipinski definition) is 3. The third kappa shape index (κ3) is 3.38. The van der Waals surface area contributed by atoms with Gasteiger partial charge in [-0.05, 0) is 61.6 Å². The van der Waals surface area contributed by atoms with Crippen LogP contribution in [0.25, 0.3) is 10.2 Å². The Morgan fingerprint density at radius 3 is 2.59 bits per heavy atom. The quantitative estimate of drug-likeness (QED) is 0.593. The Kier molecular flexibility index (Phi) is 4.53. The van der Waals surface area contributed by atoms with E-state index in [0.29, 0.717) is 16.3 Å². The molecule has 0 saturated carbocycles. The number of nitrogens with zero attached hydrogens (tertiary/aromatic N) is 1. The first kappa shape index (κ1) is 17.5. The molecular weight excluding hydrogens is 362 g/mol. The molecule has 2 heterocycles. The summed E-state index contributed by atoms with van der Waals surface area (Å²) in [6.07, 6.45) is 5.50. The fourth-order valence-electron chi connectivity index (χ4n) is 3.39. The fourth-order valence-corrected chi connectivity index (χ4v) is 4.38. The zero-order valence-electron chi connectivity index (χ0n) is 14.6. The molecule has 2 aromatic heterocycles. The van der Waals surface area contributed by atoms with Gasteiger partial charge in [-0.15, -0.1) is 11.3 Å². The van der Waals surface area contributed by atoms with Crippen molar-refractivity contribution in [3.63, 3.8) is 0 Å². The number of nitrogens with one attached hydrogen (secondary N) is 1. The molecule has 27 heavy (non-hydrogen) atoms. The van der Waals surface area contributed by atoms with E-state index in [1.165, 1.54) is 35.5 Å². The van der Waals surface area contributed by atoms with Crippen molar-refractivity contribution in [1.82, 2.24) is 4.98 Å². The van der Waals surface area contributed by atoms with Crippen LogP contribution in [0.15, 0.2) is 30.3 Å². The zero-order valence-corrected chi connectivity index (χ0v) is 15.4. The van der Waals surface area contributed by atoms with Gasteiger partial charge in [-0.1, -0.05) is 6.42 Å². The topological polar surface area (TPSA) is 105 Å². The number of thiophene rings is 1. The molecule has 0 aliphatic heterocycles. The fraction of sp³-hybridized carbons (Fsp3) is 0.250. The van der Waals surface area contributed by atoms with Crippen LogP contribution in [0.3, 0.4) is 0 Å². The number of carboxylic acids is 1. The number of carboxylic acid groups (broad SMARTS) is 1. The number of fused-ring (bicyclic) bond motifs is 2. The minimum absolute atomic E-state index is 0.167. The summed E-state index contributed by atoms with van der Waals surface area (Å²) in [5.74, 6) is -1.32. The molecule has 6 nitrogen and oxygen atoms in total. The van der Waals surface area contributed by atoms with Gasteiger partial charge in [0.2, 0.25) is 0 Å². The molecule has 1 amide bonds. The lowest BCUT2D eigenvalue weighted by molar-refractivity contribution is 0.0696. The predicted octanol–water partition coefficient (Wildman–Crippen LogP) is 4.10. The number of nitrogen functional groups attached to an aromatic ring is 1. The third-order valence-corrected chi connectivity index (χ3v) is 5.96. The summed E-state index contributed by atoms with van der Waals surface area (Å²) in [5, 5.41) is 12.6. The summed E-state index contributed by atoms with van der Waals surface area (Å²) >= 11 is 1.30. The number of anilines is 2. The zero-order chi connectivity index (χ0) is 19.0. The maximum Gasteiger partial charge on any atom is 0.335 e. The predicted molar refractivity (Wildman–Crippen MR) is 107 cm³/mol. The number of carbonyl (C=O) groups excluding carboxylic acids is 1. The van der Waals surface area contributed by atoms with Gasteiger partial charge >= 0.3 is 5.97 Å². The minimum atomic E-state index is -1.01. The molecule has 1 aliphatic rings. The Morgan fingerprint density at radius 1 is 1.11 bits per heavy atom. The number of hydrogen-bond acceptors (Lipinski definition) is 5. The van der Waals surface area contributed by atoms with Crippen molar-refractivity contribution in [2.75, 3.05) is 11.1 Å². The second-order valence-electron chi connectivity index (χ2n) is 6.69. The number of aryl methyl sites for hydroxylation is 2. The van der Waals surface area contributed by atoms with Crippen LogP contribution < -0.4 is 11.1 Å².